The molecule has 0 aromatic heterocycles. The predicted octanol–water partition coefficient (Wildman–Crippen LogP) is 3.01. The second-order valence-corrected chi connectivity index (χ2v) is 10.5. The van der Waals surface area contributed by atoms with E-state index in [9.17, 15) is 13.2 Å². The first-order valence-corrected chi connectivity index (χ1v) is 12.8. The molecule has 1 amide bonds. The molecule has 1 aliphatic heterocycles. The van der Waals surface area contributed by atoms with Gasteiger partial charge in [-0.25, -0.2) is 8.42 Å². The van der Waals surface area contributed by atoms with Crippen LogP contribution < -0.4 is 0 Å². The van der Waals surface area contributed by atoms with Crippen molar-refractivity contribution in [3.63, 3.8) is 0 Å². The smallest absolute Gasteiger partial charge is 0.244 e. The van der Waals surface area contributed by atoms with E-state index in [-0.39, 0.29) is 19.0 Å². The maximum atomic E-state index is 13.8. The third-order valence-electron chi connectivity index (χ3n) is 6.18. The van der Waals surface area contributed by atoms with Gasteiger partial charge in [-0.05, 0) is 50.4 Å². The summed E-state index contributed by atoms with van der Waals surface area (Å²) >= 11 is 0. The van der Waals surface area contributed by atoms with Crippen LogP contribution in [0.5, 0.6) is 0 Å². The van der Waals surface area contributed by atoms with Crippen LogP contribution in [-0.2, 0) is 21.2 Å². The summed E-state index contributed by atoms with van der Waals surface area (Å²) in [5.41, 5.74) is 3.51. The monoisotopic (exact) mass is 457 g/mol. The van der Waals surface area contributed by atoms with E-state index in [0.29, 0.717) is 24.4 Å². The van der Waals surface area contributed by atoms with E-state index in [2.05, 4.69) is 11.8 Å². The maximum Gasteiger partial charge on any atom is 0.244 e. The van der Waals surface area contributed by atoms with Crippen LogP contribution in [0.25, 0.3) is 0 Å². The number of carbonyl (C=O) groups is 1. The Labute approximate surface area is 192 Å². The molecule has 1 aliphatic rings. The number of nitrogens with zero attached hydrogens (tertiary/aromatic N) is 3. The molecule has 1 fully saturated rings. The summed E-state index contributed by atoms with van der Waals surface area (Å²) in [6, 6.07) is 13.6. The molecule has 0 saturated carbocycles. The molecule has 32 heavy (non-hydrogen) atoms. The van der Waals surface area contributed by atoms with Crippen molar-refractivity contribution in [3.05, 3.63) is 64.7 Å². The Morgan fingerprint density at radius 2 is 1.56 bits per heavy atom. The van der Waals surface area contributed by atoms with E-state index >= 15 is 0 Å². The van der Waals surface area contributed by atoms with Gasteiger partial charge in [-0.15, -0.1) is 0 Å². The standard InChI is InChI=1S/C25H35N3O3S/c1-5-26-13-15-27(16-14-26)24(29)19-28(12-11-23-9-7-6-8-10-23)32(30,31)25-21(3)17-20(2)18-22(25)4/h6-10,17-18H,5,11-16,19H2,1-4H3. The molecule has 1 heterocycles. The number of likely N-dealkylation sites (N-methyl/N-ethyl adjacent to an activating group) is 1. The normalized spacial score (nSPS) is 15.3. The minimum absolute atomic E-state index is 0.125. The SMILES string of the molecule is CCN1CCN(C(=O)CN(CCc2ccccc2)S(=O)(=O)c2c(C)cc(C)cc2C)CC1. The number of rotatable bonds is 8. The van der Waals surface area contributed by atoms with E-state index < -0.39 is 10.0 Å². The van der Waals surface area contributed by atoms with Crippen molar-refractivity contribution in [2.75, 3.05) is 45.8 Å². The average molecular weight is 458 g/mol. The van der Waals surface area contributed by atoms with Crippen molar-refractivity contribution >= 4 is 15.9 Å². The van der Waals surface area contributed by atoms with Crippen molar-refractivity contribution < 1.29 is 13.2 Å². The molecule has 0 radical (unpaired) electrons. The highest BCUT2D eigenvalue weighted by molar-refractivity contribution is 7.89. The molecule has 174 valence electrons. The van der Waals surface area contributed by atoms with Crippen molar-refractivity contribution in [2.24, 2.45) is 0 Å². The Morgan fingerprint density at radius 3 is 2.12 bits per heavy atom. The molecule has 0 atom stereocenters. The molecular formula is C25H35N3O3S. The third kappa shape index (κ3) is 5.77. The zero-order valence-corrected chi connectivity index (χ0v) is 20.5. The third-order valence-corrected chi connectivity index (χ3v) is 8.33. The topological polar surface area (TPSA) is 60.9 Å². The summed E-state index contributed by atoms with van der Waals surface area (Å²) in [7, 11) is -3.82. The molecule has 7 heteroatoms. The van der Waals surface area contributed by atoms with Gasteiger partial charge in [-0.2, -0.15) is 4.31 Å². The summed E-state index contributed by atoms with van der Waals surface area (Å²) in [6.07, 6.45) is 0.556. The lowest BCUT2D eigenvalue weighted by Gasteiger charge is -2.35. The highest BCUT2D eigenvalue weighted by Gasteiger charge is 2.31. The lowest BCUT2D eigenvalue weighted by Crippen LogP contribution is -2.51. The number of hydrogen-bond acceptors (Lipinski definition) is 4. The second kappa shape index (κ2) is 10.6. The Balaban J connectivity index is 1.85. The lowest BCUT2D eigenvalue weighted by atomic mass is 10.1. The first kappa shape index (κ1) is 24.4. The molecule has 0 N–H and O–H groups in total. The van der Waals surface area contributed by atoms with Crippen molar-refractivity contribution in [1.82, 2.24) is 14.1 Å². The van der Waals surface area contributed by atoms with Crippen LogP contribution in [-0.4, -0.2) is 74.2 Å². The molecular weight excluding hydrogens is 422 g/mol. The summed E-state index contributed by atoms with van der Waals surface area (Å²) in [6.45, 7) is 11.8. The predicted molar refractivity (Wildman–Crippen MR) is 128 cm³/mol. The number of carbonyl (C=O) groups excluding carboxylic acids is 1. The zero-order chi connectivity index (χ0) is 23.3. The van der Waals surface area contributed by atoms with Crippen LogP contribution in [0.15, 0.2) is 47.4 Å². The van der Waals surface area contributed by atoms with Gasteiger partial charge in [-0.1, -0.05) is 55.0 Å². The van der Waals surface area contributed by atoms with Crippen molar-refractivity contribution in [1.29, 1.82) is 0 Å². The lowest BCUT2D eigenvalue weighted by molar-refractivity contribution is -0.133. The Hall–Kier alpha value is -2.22. The number of aryl methyl sites for hydroxylation is 3. The Morgan fingerprint density at radius 1 is 0.969 bits per heavy atom. The Bertz CT molecular complexity index is 1010. The fourth-order valence-electron chi connectivity index (χ4n) is 4.45. The molecule has 2 aromatic rings. The van der Waals surface area contributed by atoms with Crippen LogP contribution in [0.1, 0.15) is 29.2 Å². The molecule has 1 saturated heterocycles. The number of sulfonamides is 1. The molecule has 0 aliphatic carbocycles. The van der Waals surface area contributed by atoms with E-state index in [1.54, 1.807) is 4.90 Å². The number of benzene rings is 2. The molecule has 0 spiro atoms. The van der Waals surface area contributed by atoms with Crippen molar-refractivity contribution in [2.45, 2.75) is 39.0 Å². The van der Waals surface area contributed by atoms with Crippen LogP contribution in [0, 0.1) is 20.8 Å². The highest BCUT2D eigenvalue weighted by Crippen LogP contribution is 2.26. The quantitative estimate of drug-likeness (QED) is 0.611. The van der Waals surface area contributed by atoms with E-state index in [1.165, 1.54) is 4.31 Å². The number of piperazine rings is 1. The van der Waals surface area contributed by atoms with Crippen LogP contribution in [0.2, 0.25) is 0 Å². The summed E-state index contributed by atoms with van der Waals surface area (Å²) < 4.78 is 28.9. The first-order valence-electron chi connectivity index (χ1n) is 11.3. The van der Waals surface area contributed by atoms with Crippen LogP contribution >= 0.6 is 0 Å². The van der Waals surface area contributed by atoms with Gasteiger partial charge in [0.05, 0.1) is 11.4 Å². The first-order chi connectivity index (χ1) is 15.2. The molecule has 2 aromatic carbocycles. The molecule has 3 rings (SSSR count). The van der Waals surface area contributed by atoms with Gasteiger partial charge in [-0.3, -0.25) is 4.79 Å². The summed E-state index contributed by atoms with van der Waals surface area (Å²) in [5, 5.41) is 0. The average Bonchev–Trinajstić information content (AvgIpc) is 2.76. The Kier molecular flexibility index (Phi) is 8.09. The van der Waals surface area contributed by atoms with Gasteiger partial charge in [0.1, 0.15) is 0 Å². The second-order valence-electron chi connectivity index (χ2n) is 8.62. The fraction of sp³-hybridized carbons (Fsp3) is 0.480. The van der Waals surface area contributed by atoms with Crippen LogP contribution in [0.3, 0.4) is 0 Å². The van der Waals surface area contributed by atoms with E-state index in [1.807, 2.05) is 63.2 Å². The summed E-state index contributed by atoms with van der Waals surface area (Å²) in [4.78, 5) is 17.5. The van der Waals surface area contributed by atoms with Gasteiger partial charge in [0.15, 0.2) is 0 Å². The van der Waals surface area contributed by atoms with Crippen LogP contribution in [0.4, 0.5) is 0 Å². The van der Waals surface area contributed by atoms with Crippen molar-refractivity contribution in [3.8, 4) is 0 Å². The van der Waals surface area contributed by atoms with Gasteiger partial charge >= 0.3 is 0 Å². The minimum Gasteiger partial charge on any atom is -0.339 e. The van der Waals surface area contributed by atoms with Gasteiger partial charge < -0.3 is 9.80 Å². The fourth-order valence-corrected chi connectivity index (χ4v) is 6.25. The molecule has 6 nitrogen and oxygen atoms in total. The number of amides is 1. The largest absolute Gasteiger partial charge is 0.339 e. The van der Waals surface area contributed by atoms with E-state index in [4.69, 9.17) is 0 Å². The summed E-state index contributed by atoms with van der Waals surface area (Å²) in [5.74, 6) is -0.125. The highest BCUT2D eigenvalue weighted by atomic mass is 32.2. The minimum atomic E-state index is -3.82. The maximum absolute atomic E-state index is 13.8. The molecule has 0 bridgehead atoms. The number of hydrogen-bond donors (Lipinski definition) is 0. The van der Waals surface area contributed by atoms with Gasteiger partial charge in [0, 0.05) is 32.7 Å². The van der Waals surface area contributed by atoms with E-state index in [0.717, 1.165) is 41.9 Å². The zero-order valence-electron chi connectivity index (χ0n) is 19.7. The van der Waals surface area contributed by atoms with Gasteiger partial charge in [0.25, 0.3) is 0 Å². The molecule has 0 unspecified atom stereocenters. The van der Waals surface area contributed by atoms with Gasteiger partial charge in [0.2, 0.25) is 15.9 Å².